The minimum absolute atomic E-state index is 0.00743. The predicted octanol–water partition coefficient (Wildman–Crippen LogP) is 7.59. The Bertz CT molecular complexity index is 1080. The van der Waals surface area contributed by atoms with Crippen molar-refractivity contribution in [3.05, 3.63) is 0 Å². The SMILES string of the molecule is C=NC1CC(C)(C)[N+](C)(c2nc([N+]3(C)C(C)(C)CCCC3(C)C)nc([N+]3(C)C(C)(C)CCCC3(C)C)n2)C(C)(C)C1. The maximum atomic E-state index is 5.65. The quantitative estimate of drug-likeness (QED) is 0.277. The predicted molar refractivity (Wildman–Crippen MR) is 178 cm³/mol. The summed E-state index contributed by atoms with van der Waals surface area (Å²) in [6.45, 7) is 32.9. The fourth-order valence-electron chi connectivity index (χ4n) is 9.55. The summed E-state index contributed by atoms with van der Waals surface area (Å²) in [6, 6.07) is 0.237. The number of aliphatic imine (C=N–C) groups is 1. The first-order valence-corrected chi connectivity index (χ1v) is 16.2. The van der Waals surface area contributed by atoms with Crippen molar-refractivity contribution in [2.24, 2.45) is 4.99 Å². The average Bonchev–Trinajstić information content (AvgIpc) is 2.82. The molecule has 1 aromatic rings. The van der Waals surface area contributed by atoms with E-state index in [-0.39, 0.29) is 39.3 Å². The fraction of sp³-hybridized carbons (Fsp3) is 0.882. The zero-order valence-electron chi connectivity index (χ0n) is 29.6. The summed E-state index contributed by atoms with van der Waals surface area (Å²) in [5.41, 5.74) is -0.306. The normalized spacial score (nSPS) is 34.0. The number of hydrogen-bond donors (Lipinski definition) is 0. The van der Waals surface area contributed by atoms with Crippen molar-refractivity contribution in [1.82, 2.24) is 28.4 Å². The van der Waals surface area contributed by atoms with Gasteiger partial charge in [-0.1, -0.05) is 0 Å². The van der Waals surface area contributed by atoms with Gasteiger partial charge in [-0.05, 0) is 103 Å². The molecule has 0 saturated carbocycles. The number of aromatic nitrogens is 3. The van der Waals surface area contributed by atoms with Crippen LogP contribution in [0.3, 0.4) is 0 Å². The molecule has 3 aliphatic rings. The minimum Gasteiger partial charge on any atom is -0.297 e. The van der Waals surface area contributed by atoms with Gasteiger partial charge in [0.2, 0.25) is 0 Å². The van der Waals surface area contributed by atoms with Crippen LogP contribution in [0.1, 0.15) is 134 Å². The summed E-state index contributed by atoms with van der Waals surface area (Å²) < 4.78 is 2.07. The van der Waals surface area contributed by atoms with E-state index in [1.54, 1.807) is 0 Å². The summed E-state index contributed by atoms with van der Waals surface area (Å²) in [5, 5.41) is 0. The Labute approximate surface area is 252 Å². The molecule has 41 heavy (non-hydrogen) atoms. The van der Waals surface area contributed by atoms with Crippen molar-refractivity contribution in [3.63, 3.8) is 0 Å². The Morgan fingerprint density at radius 2 is 0.756 bits per heavy atom. The van der Waals surface area contributed by atoms with Gasteiger partial charge >= 0.3 is 17.8 Å². The van der Waals surface area contributed by atoms with Gasteiger partial charge in [0, 0.05) is 38.5 Å². The van der Waals surface area contributed by atoms with Gasteiger partial charge in [0.15, 0.2) is 0 Å². The zero-order valence-corrected chi connectivity index (χ0v) is 29.6. The third kappa shape index (κ3) is 4.22. The molecule has 0 bridgehead atoms. The van der Waals surface area contributed by atoms with Crippen molar-refractivity contribution in [3.8, 4) is 0 Å². The van der Waals surface area contributed by atoms with E-state index < -0.39 is 0 Å². The molecular weight excluding hydrogens is 506 g/mol. The lowest BCUT2D eigenvalue weighted by Crippen LogP contribution is -2.76. The summed E-state index contributed by atoms with van der Waals surface area (Å²) in [4.78, 5) is 21.5. The van der Waals surface area contributed by atoms with Gasteiger partial charge in [0.05, 0.1) is 27.2 Å². The highest BCUT2D eigenvalue weighted by atomic mass is 15.6. The molecule has 232 valence electrons. The number of quaternary nitrogens is 3. The molecule has 0 unspecified atom stereocenters. The van der Waals surface area contributed by atoms with Gasteiger partial charge in [0.25, 0.3) is 0 Å². The number of rotatable bonds is 4. The van der Waals surface area contributed by atoms with Crippen LogP contribution >= 0.6 is 0 Å². The lowest BCUT2D eigenvalue weighted by molar-refractivity contribution is -0.0216. The summed E-state index contributed by atoms with van der Waals surface area (Å²) in [6.07, 6.45) is 9.00. The number of piperidine rings is 3. The van der Waals surface area contributed by atoms with E-state index in [1.165, 1.54) is 12.8 Å². The third-order valence-corrected chi connectivity index (χ3v) is 13.9. The van der Waals surface area contributed by atoms with Crippen LogP contribution in [0.2, 0.25) is 0 Å². The van der Waals surface area contributed by atoms with Crippen LogP contribution in [0.25, 0.3) is 0 Å². The first-order valence-electron chi connectivity index (χ1n) is 16.2. The Hall–Kier alpha value is -1.44. The van der Waals surface area contributed by atoms with E-state index in [4.69, 9.17) is 15.0 Å². The molecule has 0 aromatic carbocycles. The maximum Gasteiger partial charge on any atom is 0.342 e. The molecule has 7 heteroatoms. The third-order valence-electron chi connectivity index (χ3n) is 13.9. The second-order valence-corrected chi connectivity index (χ2v) is 18.1. The molecule has 0 amide bonds. The van der Waals surface area contributed by atoms with Crippen molar-refractivity contribution < 1.29 is 0 Å². The molecule has 0 N–H and O–H groups in total. The van der Waals surface area contributed by atoms with Crippen LogP contribution in [0, 0.1) is 0 Å². The topological polar surface area (TPSA) is 51.0 Å². The second-order valence-electron chi connectivity index (χ2n) is 18.1. The van der Waals surface area contributed by atoms with Crippen LogP contribution in [0.15, 0.2) is 4.99 Å². The first kappa shape index (κ1) is 32.5. The summed E-state index contributed by atoms with van der Waals surface area (Å²) in [7, 11) is 7.18. The molecule has 3 saturated heterocycles. The van der Waals surface area contributed by atoms with Crippen molar-refractivity contribution in [1.29, 1.82) is 0 Å². The van der Waals surface area contributed by atoms with Crippen molar-refractivity contribution >= 4 is 24.6 Å². The average molecular weight is 571 g/mol. The Morgan fingerprint density at radius 1 is 0.512 bits per heavy atom. The maximum absolute atomic E-state index is 5.65. The summed E-state index contributed by atoms with van der Waals surface area (Å²) in [5.74, 6) is 2.79. The van der Waals surface area contributed by atoms with Gasteiger partial charge in [-0.15, -0.1) is 15.0 Å². The zero-order chi connectivity index (χ0) is 31.3. The van der Waals surface area contributed by atoms with Crippen LogP contribution in [0.5, 0.6) is 0 Å². The van der Waals surface area contributed by atoms with Crippen LogP contribution in [-0.4, -0.2) is 82.1 Å². The van der Waals surface area contributed by atoms with E-state index in [0.29, 0.717) is 13.4 Å². The Kier molecular flexibility index (Phi) is 7.35. The van der Waals surface area contributed by atoms with E-state index in [9.17, 15) is 0 Å². The van der Waals surface area contributed by atoms with Gasteiger partial charge in [0.1, 0.15) is 33.2 Å². The van der Waals surface area contributed by atoms with Crippen LogP contribution < -0.4 is 13.4 Å². The van der Waals surface area contributed by atoms with Crippen molar-refractivity contribution in [2.45, 2.75) is 174 Å². The van der Waals surface area contributed by atoms with Crippen molar-refractivity contribution in [2.75, 3.05) is 21.1 Å². The van der Waals surface area contributed by atoms with Crippen LogP contribution in [-0.2, 0) is 0 Å². The molecule has 0 spiro atoms. The molecule has 0 radical (unpaired) electrons. The standard InChI is InChI=1S/C34H64N7/c1-29(2)19-17-20-30(3,4)39(29,14)26-36-27(40(15)31(5,6)21-18-22-32(40,7)8)38-28(37-26)41(16)33(9,10)23-25(35-13)24-34(41,11)12/h25H,13,17-24H2,1-12,14-16H3/q+3. The van der Waals surface area contributed by atoms with Gasteiger partial charge in [-0.3, -0.25) is 18.4 Å². The number of hydrogen-bond acceptors (Lipinski definition) is 4. The fourth-order valence-corrected chi connectivity index (χ4v) is 9.55. The minimum atomic E-state index is -0.138. The Balaban J connectivity index is 2.13. The molecule has 4 heterocycles. The lowest BCUT2D eigenvalue weighted by Gasteiger charge is -2.60. The molecule has 4 rings (SSSR count). The van der Waals surface area contributed by atoms with E-state index in [0.717, 1.165) is 56.4 Å². The largest absolute Gasteiger partial charge is 0.342 e. The molecule has 3 aliphatic heterocycles. The van der Waals surface area contributed by atoms with Crippen LogP contribution in [0.4, 0.5) is 17.8 Å². The van der Waals surface area contributed by atoms with E-state index in [2.05, 4.69) is 116 Å². The first-order chi connectivity index (χ1) is 18.4. The number of likely N-dealkylation sites (tertiary alicyclic amines) is 3. The second kappa shape index (κ2) is 9.28. The lowest BCUT2D eigenvalue weighted by atomic mass is 9.74. The molecular formula is C34H64N7+3. The Morgan fingerprint density at radius 3 is 1.00 bits per heavy atom. The van der Waals surface area contributed by atoms with E-state index >= 15 is 0 Å². The molecule has 7 nitrogen and oxygen atoms in total. The molecule has 1 aromatic heterocycles. The monoisotopic (exact) mass is 571 g/mol. The highest BCUT2D eigenvalue weighted by Crippen LogP contribution is 2.53. The highest BCUT2D eigenvalue weighted by Gasteiger charge is 2.64. The van der Waals surface area contributed by atoms with Gasteiger partial charge in [-0.25, -0.2) is 0 Å². The van der Waals surface area contributed by atoms with E-state index in [1.807, 2.05) is 0 Å². The number of nitrogens with zero attached hydrogens (tertiary/aromatic N) is 7. The molecule has 3 fully saturated rings. The summed E-state index contributed by atoms with van der Waals surface area (Å²) >= 11 is 0. The van der Waals surface area contributed by atoms with Gasteiger partial charge < -0.3 is 0 Å². The molecule has 0 aliphatic carbocycles. The molecule has 0 atom stereocenters. The van der Waals surface area contributed by atoms with Gasteiger partial charge in [-0.2, -0.15) is 0 Å². The smallest absolute Gasteiger partial charge is 0.297 e. The highest BCUT2D eigenvalue weighted by molar-refractivity contribution is 5.49.